The van der Waals surface area contributed by atoms with Crippen LogP contribution in [0.2, 0.25) is 0 Å². The Morgan fingerprint density at radius 3 is 2.84 bits per heavy atom. The van der Waals surface area contributed by atoms with Crippen molar-refractivity contribution in [2.45, 2.75) is 26.0 Å². The first-order valence-electron chi connectivity index (χ1n) is 6.62. The van der Waals surface area contributed by atoms with Crippen LogP contribution in [0.25, 0.3) is 11.5 Å². The Hall–Kier alpha value is -1.65. The van der Waals surface area contributed by atoms with Crippen LogP contribution < -0.4 is 0 Å². The molecule has 1 aliphatic heterocycles. The summed E-state index contributed by atoms with van der Waals surface area (Å²) in [6, 6.07) is 8.14. The van der Waals surface area contributed by atoms with Crippen LogP contribution in [0.4, 0.5) is 0 Å². The maximum Gasteiger partial charge on any atom is 0.226 e. The Kier molecular flexibility index (Phi) is 3.36. The summed E-state index contributed by atoms with van der Waals surface area (Å²) in [5, 5.41) is 9.50. The molecule has 100 valence electrons. The van der Waals surface area contributed by atoms with Gasteiger partial charge in [-0.1, -0.05) is 17.7 Å². The number of nitrogens with zero attached hydrogens (tertiary/aromatic N) is 2. The molecule has 1 atom stereocenters. The molecule has 4 nitrogen and oxygen atoms in total. The van der Waals surface area contributed by atoms with Crippen molar-refractivity contribution in [1.82, 2.24) is 9.88 Å². The minimum Gasteiger partial charge on any atom is -0.444 e. The summed E-state index contributed by atoms with van der Waals surface area (Å²) in [5.74, 6) is 0.662. The zero-order valence-electron chi connectivity index (χ0n) is 11.0. The van der Waals surface area contributed by atoms with Crippen LogP contribution in [0, 0.1) is 6.92 Å². The molecule has 1 aromatic carbocycles. The van der Waals surface area contributed by atoms with E-state index in [2.05, 4.69) is 28.9 Å². The predicted molar refractivity (Wildman–Crippen MR) is 72.6 cm³/mol. The fourth-order valence-corrected chi connectivity index (χ4v) is 2.39. The molecular formula is C15H18N2O2. The van der Waals surface area contributed by atoms with Gasteiger partial charge < -0.3 is 9.52 Å². The number of hydrogen-bond acceptors (Lipinski definition) is 4. The number of rotatable bonds is 3. The molecule has 0 amide bonds. The average molecular weight is 258 g/mol. The molecule has 2 heterocycles. The summed E-state index contributed by atoms with van der Waals surface area (Å²) in [7, 11) is 0. The summed E-state index contributed by atoms with van der Waals surface area (Å²) in [6.45, 7) is 4.45. The lowest BCUT2D eigenvalue weighted by Gasteiger charge is -2.11. The van der Waals surface area contributed by atoms with E-state index in [9.17, 15) is 5.11 Å². The molecule has 0 spiro atoms. The molecule has 19 heavy (non-hydrogen) atoms. The number of β-amino-alcohol motifs (C(OH)–C–C–N with tert-alkyl or cyclic N) is 1. The lowest BCUT2D eigenvalue weighted by molar-refractivity contribution is 0.174. The monoisotopic (exact) mass is 258 g/mol. The van der Waals surface area contributed by atoms with Crippen molar-refractivity contribution >= 4 is 0 Å². The number of likely N-dealkylation sites (tertiary alicyclic amines) is 1. The van der Waals surface area contributed by atoms with Crippen molar-refractivity contribution in [2.75, 3.05) is 13.1 Å². The zero-order valence-corrected chi connectivity index (χ0v) is 11.0. The van der Waals surface area contributed by atoms with Crippen LogP contribution in [0.1, 0.15) is 17.7 Å². The van der Waals surface area contributed by atoms with Crippen LogP contribution in [-0.2, 0) is 6.54 Å². The summed E-state index contributed by atoms with van der Waals surface area (Å²) in [5.41, 5.74) is 3.14. The minimum atomic E-state index is -0.191. The van der Waals surface area contributed by atoms with Crippen molar-refractivity contribution in [3.8, 4) is 11.5 Å². The molecule has 4 heteroatoms. The van der Waals surface area contributed by atoms with Crippen LogP contribution in [-0.4, -0.2) is 34.2 Å². The molecule has 1 aliphatic rings. The van der Waals surface area contributed by atoms with Gasteiger partial charge in [-0.3, -0.25) is 4.90 Å². The second kappa shape index (κ2) is 5.15. The van der Waals surface area contributed by atoms with Gasteiger partial charge in [-0.05, 0) is 25.5 Å². The van der Waals surface area contributed by atoms with E-state index in [0.29, 0.717) is 5.89 Å². The molecular weight excluding hydrogens is 240 g/mol. The van der Waals surface area contributed by atoms with Gasteiger partial charge in [0.15, 0.2) is 0 Å². The minimum absolute atomic E-state index is 0.191. The number of aromatic nitrogens is 1. The lowest BCUT2D eigenvalue weighted by Crippen LogP contribution is -2.21. The molecule has 2 aromatic rings. The largest absolute Gasteiger partial charge is 0.444 e. The molecule has 1 saturated heterocycles. The van der Waals surface area contributed by atoms with Gasteiger partial charge in [-0.2, -0.15) is 0 Å². The van der Waals surface area contributed by atoms with Gasteiger partial charge in [0.25, 0.3) is 0 Å². The van der Waals surface area contributed by atoms with Crippen LogP contribution >= 0.6 is 0 Å². The molecule has 3 rings (SSSR count). The summed E-state index contributed by atoms with van der Waals surface area (Å²) in [6.07, 6.45) is 2.37. The lowest BCUT2D eigenvalue weighted by atomic mass is 10.1. The van der Waals surface area contributed by atoms with E-state index in [-0.39, 0.29) is 6.10 Å². The third-order valence-electron chi connectivity index (χ3n) is 3.48. The summed E-state index contributed by atoms with van der Waals surface area (Å²) >= 11 is 0. The van der Waals surface area contributed by atoms with Crippen molar-refractivity contribution in [2.24, 2.45) is 0 Å². The number of benzene rings is 1. The molecule has 1 N–H and O–H groups in total. The van der Waals surface area contributed by atoms with Gasteiger partial charge in [0, 0.05) is 25.2 Å². The maximum atomic E-state index is 9.50. The summed E-state index contributed by atoms with van der Waals surface area (Å²) < 4.78 is 5.53. The number of oxazole rings is 1. The average Bonchev–Trinajstić information content (AvgIpc) is 3.00. The van der Waals surface area contributed by atoms with Gasteiger partial charge in [-0.25, -0.2) is 4.98 Å². The normalized spacial score (nSPS) is 20.0. The molecule has 1 fully saturated rings. The Bertz CT molecular complexity index is 548. The highest BCUT2D eigenvalue weighted by Gasteiger charge is 2.21. The fourth-order valence-electron chi connectivity index (χ4n) is 2.39. The van der Waals surface area contributed by atoms with E-state index in [4.69, 9.17) is 4.42 Å². The van der Waals surface area contributed by atoms with Crippen LogP contribution in [0.5, 0.6) is 0 Å². The van der Waals surface area contributed by atoms with E-state index in [1.54, 1.807) is 6.26 Å². The smallest absolute Gasteiger partial charge is 0.226 e. The van der Waals surface area contributed by atoms with Gasteiger partial charge >= 0.3 is 0 Å². The quantitative estimate of drug-likeness (QED) is 0.917. The topological polar surface area (TPSA) is 49.5 Å². The Morgan fingerprint density at radius 1 is 1.37 bits per heavy atom. The van der Waals surface area contributed by atoms with Gasteiger partial charge in [-0.15, -0.1) is 0 Å². The highest BCUT2D eigenvalue weighted by Crippen LogP contribution is 2.20. The predicted octanol–water partition coefficient (Wildman–Crippen LogP) is 2.22. The third-order valence-corrected chi connectivity index (χ3v) is 3.48. The Morgan fingerprint density at radius 2 is 2.16 bits per heavy atom. The molecule has 0 bridgehead atoms. The van der Waals surface area contributed by atoms with E-state index >= 15 is 0 Å². The van der Waals surface area contributed by atoms with Crippen LogP contribution in [0.3, 0.4) is 0 Å². The second-order valence-electron chi connectivity index (χ2n) is 5.19. The maximum absolute atomic E-state index is 9.50. The first-order chi connectivity index (χ1) is 9.20. The molecule has 0 unspecified atom stereocenters. The Balaban J connectivity index is 1.71. The fraction of sp³-hybridized carbons (Fsp3) is 0.400. The van der Waals surface area contributed by atoms with Crippen molar-refractivity contribution in [3.05, 3.63) is 41.8 Å². The highest BCUT2D eigenvalue weighted by molar-refractivity contribution is 5.53. The third kappa shape index (κ3) is 2.85. The Labute approximate surface area is 112 Å². The van der Waals surface area contributed by atoms with E-state index in [0.717, 1.165) is 37.3 Å². The van der Waals surface area contributed by atoms with Crippen molar-refractivity contribution in [3.63, 3.8) is 0 Å². The number of aliphatic hydroxyl groups excluding tert-OH is 1. The number of aliphatic hydroxyl groups is 1. The molecule has 0 radical (unpaired) electrons. The molecule has 0 aliphatic carbocycles. The van der Waals surface area contributed by atoms with Gasteiger partial charge in [0.2, 0.25) is 5.89 Å². The van der Waals surface area contributed by atoms with E-state index in [1.165, 1.54) is 5.56 Å². The second-order valence-corrected chi connectivity index (χ2v) is 5.19. The number of aryl methyl sites for hydroxylation is 1. The van der Waals surface area contributed by atoms with Crippen molar-refractivity contribution in [1.29, 1.82) is 0 Å². The first-order valence-corrected chi connectivity index (χ1v) is 6.62. The zero-order chi connectivity index (χ0) is 13.2. The van der Waals surface area contributed by atoms with E-state index < -0.39 is 0 Å². The first kappa shape index (κ1) is 12.4. The highest BCUT2D eigenvalue weighted by atomic mass is 16.3. The van der Waals surface area contributed by atoms with Crippen molar-refractivity contribution < 1.29 is 9.52 Å². The van der Waals surface area contributed by atoms with Crippen LogP contribution in [0.15, 0.2) is 34.9 Å². The molecule has 0 saturated carbocycles. The van der Waals surface area contributed by atoms with E-state index in [1.807, 2.05) is 12.1 Å². The summed E-state index contributed by atoms with van der Waals surface area (Å²) in [4.78, 5) is 6.70. The number of hydrogen-bond donors (Lipinski definition) is 1. The van der Waals surface area contributed by atoms with Gasteiger partial charge in [0.1, 0.15) is 6.26 Å². The molecule has 1 aromatic heterocycles. The SMILES string of the molecule is Cc1ccc(-c2nc(CN3CC[C@H](O)C3)co2)cc1. The van der Waals surface area contributed by atoms with Gasteiger partial charge in [0.05, 0.1) is 11.8 Å². The standard InChI is InChI=1S/C15H18N2O2/c1-11-2-4-12(5-3-11)15-16-13(10-19-15)8-17-7-6-14(18)9-17/h2-5,10,14,18H,6-9H2,1H3/t14-/m0/s1.